The smallest absolute Gasteiger partial charge is 0.324 e. The van der Waals surface area contributed by atoms with Crippen LogP contribution in [0.3, 0.4) is 0 Å². The summed E-state index contributed by atoms with van der Waals surface area (Å²) in [7, 11) is 0. The van der Waals surface area contributed by atoms with E-state index in [0.29, 0.717) is 16.0 Å². The zero-order valence-corrected chi connectivity index (χ0v) is 17.3. The number of carbonyl (C=O) groups is 1. The molecule has 0 atom stereocenters. The highest BCUT2D eigenvalue weighted by molar-refractivity contribution is 7.18. The van der Waals surface area contributed by atoms with Gasteiger partial charge in [0.2, 0.25) is 5.91 Å². The summed E-state index contributed by atoms with van der Waals surface area (Å²) in [6.45, 7) is 5.68. The predicted octanol–water partition coefficient (Wildman–Crippen LogP) is 4.15. The maximum absolute atomic E-state index is 12.7. The highest BCUT2D eigenvalue weighted by Gasteiger charge is 2.18. The van der Waals surface area contributed by atoms with Gasteiger partial charge in [-0.05, 0) is 49.4 Å². The number of anilines is 1. The van der Waals surface area contributed by atoms with Crippen molar-refractivity contribution in [3.63, 3.8) is 0 Å². The summed E-state index contributed by atoms with van der Waals surface area (Å²) >= 11 is 2.90. The second-order valence-corrected chi connectivity index (χ2v) is 8.69. The Morgan fingerprint density at radius 3 is 2.75 bits per heavy atom. The standard InChI is InChI=1S/C20H18N4O2S2/c1-11-6-7-12(2)14(9-11)22-16(25)10-24-19-18(21-13(3)28-19)17(23-20(24)26)15-5-4-8-27-15/h4-9H,10H2,1-3H3,(H,22,25). The van der Waals surface area contributed by atoms with Crippen molar-refractivity contribution in [1.29, 1.82) is 0 Å². The molecule has 3 heterocycles. The Labute approximate surface area is 169 Å². The van der Waals surface area contributed by atoms with Crippen molar-refractivity contribution in [3.05, 3.63) is 62.3 Å². The normalized spacial score (nSPS) is 11.1. The van der Waals surface area contributed by atoms with Gasteiger partial charge >= 0.3 is 5.69 Å². The van der Waals surface area contributed by atoms with Crippen LogP contribution in [0.5, 0.6) is 0 Å². The first-order valence-electron chi connectivity index (χ1n) is 8.71. The number of fused-ring (bicyclic) bond motifs is 1. The van der Waals surface area contributed by atoms with Crippen LogP contribution >= 0.6 is 22.7 Å². The predicted molar refractivity (Wildman–Crippen MR) is 114 cm³/mol. The molecule has 0 saturated carbocycles. The molecule has 1 N–H and O–H groups in total. The molecule has 1 aromatic carbocycles. The third-order valence-electron chi connectivity index (χ3n) is 4.35. The SMILES string of the molecule is Cc1ccc(C)c(NC(=O)Cn2c(=O)nc(-c3cccs3)c3nc(C)sc32)c1. The van der Waals surface area contributed by atoms with Crippen LogP contribution in [0.15, 0.2) is 40.5 Å². The van der Waals surface area contributed by atoms with Crippen molar-refractivity contribution in [2.24, 2.45) is 0 Å². The fourth-order valence-electron chi connectivity index (χ4n) is 2.98. The van der Waals surface area contributed by atoms with E-state index in [4.69, 9.17) is 0 Å². The number of amides is 1. The zero-order chi connectivity index (χ0) is 19.8. The molecule has 0 unspecified atom stereocenters. The minimum absolute atomic E-state index is 0.109. The van der Waals surface area contributed by atoms with Crippen molar-refractivity contribution >= 4 is 44.6 Å². The Hall–Kier alpha value is -2.84. The molecule has 142 valence electrons. The first-order chi connectivity index (χ1) is 13.4. The van der Waals surface area contributed by atoms with Crippen molar-refractivity contribution < 1.29 is 4.79 Å². The van der Waals surface area contributed by atoms with Crippen molar-refractivity contribution in [3.8, 4) is 10.6 Å². The van der Waals surface area contributed by atoms with Gasteiger partial charge in [-0.25, -0.2) is 9.78 Å². The molecule has 4 rings (SSSR count). The maximum atomic E-state index is 12.7. The zero-order valence-electron chi connectivity index (χ0n) is 15.6. The molecule has 8 heteroatoms. The van der Waals surface area contributed by atoms with E-state index in [2.05, 4.69) is 15.3 Å². The number of thiophene rings is 1. The van der Waals surface area contributed by atoms with Crippen LogP contribution in [0.2, 0.25) is 0 Å². The van der Waals surface area contributed by atoms with Gasteiger partial charge < -0.3 is 5.32 Å². The molecule has 0 bridgehead atoms. The third kappa shape index (κ3) is 3.48. The molecule has 3 aromatic heterocycles. The molecule has 6 nitrogen and oxygen atoms in total. The van der Waals surface area contributed by atoms with Crippen LogP contribution in [-0.2, 0) is 11.3 Å². The van der Waals surface area contributed by atoms with E-state index in [0.717, 1.165) is 26.7 Å². The summed E-state index contributed by atoms with van der Waals surface area (Å²) in [5.41, 5.74) is 3.56. The number of thiazole rings is 1. The van der Waals surface area contributed by atoms with Gasteiger partial charge in [-0.3, -0.25) is 9.36 Å². The lowest BCUT2D eigenvalue weighted by molar-refractivity contribution is -0.116. The Kier molecular flexibility index (Phi) is 4.82. The summed E-state index contributed by atoms with van der Waals surface area (Å²) in [6.07, 6.45) is 0. The molecule has 0 radical (unpaired) electrons. The number of nitrogens with zero attached hydrogens (tertiary/aromatic N) is 3. The molecule has 28 heavy (non-hydrogen) atoms. The lowest BCUT2D eigenvalue weighted by atomic mass is 10.1. The highest BCUT2D eigenvalue weighted by atomic mass is 32.1. The summed E-state index contributed by atoms with van der Waals surface area (Å²) in [5.74, 6) is -0.270. The van der Waals surface area contributed by atoms with Crippen molar-refractivity contribution in [2.45, 2.75) is 27.3 Å². The van der Waals surface area contributed by atoms with Gasteiger partial charge in [-0.2, -0.15) is 4.98 Å². The minimum atomic E-state index is -0.448. The van der Waals surface area contributed by atoms with E-state index in [1.807, 2.05) is 56.5 Å². The average molecular weight is 411 g/mol. The van der Waals surface area contributed by atoms with E-state index in [-0.39, 0.29) is 12.5 Å². The topological polar surface area (TPSA) is 76.9 Å². The molecule has 1 amide bonds. The van der Waals surface area contributed by atoms with Gasteiger partial charge in [0.15, 0.2) is 0 Å². The molecule has 4 aromatic rings. The Balaban J connectivity index is 1.72. The summed E-state index contributed by atoms with van der Waals surface area (Å²) < 4.78 is 1.40. The van der Waals surface area contributed by atoms with Gasteiger partial charge in [0.1, 0.15) is 22.6 Å². The van der Waals surface area contributed by atoms with E-state index in [1.165, 1.54) is 27.2 Å². The molecule has 0 spiro atoms. The Bertz CT molecular complexity index is 1240. The average Bonchev–Trinajstić information content (AvgIpc) is 3.30. The van der Waals surface area contributed by atoms with Gasteiger partial charge in [0.05, 0.1) is 9.88 Å². The molecular weight excluding hydrogens is 392 g/mol. The number of aromatic nitrogens is 3. The molecule has 0 aliphatic rings. The van der Waals surface area contributed by atoms with Gasteiger partial charge in [-0.1, -0.05) is 18.2 Å². The Morgan fingerprint density at radius 2 is 2.00 bits per heavy atom. The first kappa shape index (κ1) is 18.5. The van der Waals surface area contributed by atoms with Crippen LogP contribution in [-0.4, -0.2) is 20.4 Å². The van der Waals surface area contributed by atoms with Crippen molar-refractivity contribution in [2.75, 3.05) is 5.32 Å². The fraction of sp³-hybridized carbons (Fsp3) is 0.200. The molecule has 0 aliphatic heterocycles. The van der Waals surface area contributed by atoms with Gasteiger partial charge in [-0.15, -0.1) is 22.7 Å². The highest BCUT2D eigenvalue weighted by Crippen LogP contribution is 2.31. The third-order valence-corrected chi connectivity index (χ3v) is 6.22. The van der Waals surface area contributed by atoms with E-state index in [9.17, 15) is 9.59 Å². The number of aryl methyl sites for hydroxylation is 3. The van der Waals surface area contributed by atoms with E-state index in [1.54, 1.807) is 0 Å². The summed E-state index contributed by atoms with van der Waals surface area (Å²) in [5, 5.41) is 5.66. The Morgan fingerprint density at radius 1 is 1.18 bits per heavy atom. The molecule has 0 fully saturated rings. The second-order valence-electron chi connectivity index (χ2n) is 6.56. The summed E-state index contributed by atoms with van der Waals surface area (Å²) in [6, 6.07) is 9.69. The minimum Gasteiger partial charge on any atom is -0.324 e. The monoisotopic (exact) mass is 410 g/mol. The number of hydrogen-bond donors (Lipinski definition) is 1. The van der Waals surface area contributed by atoms with Crippen LogP contribution < -0.4 is 11.0 Å². The van der Waals surface area contributed by atoms with Crippen LogP contribution in [0.25, 0.3) is 20.9 Å². The van der Waals surface area contributed by atoms with Crippen LogP contribution in [0.4, 0.5) is 5.69 Å². The van der Waals surface area contributed by atoms with Crippen LogP contribution in [0.1, 0.15) is 16.1 Å². The number of rotatable bonds is 4. The lowest BCUT2D eigenvalue weighted by Crippen LogP contribution is -2.29. The lowest BCUT2D eigenvalue weighted by Gasteiger charge is -2.11. The summed E-state index contributed by atoms with van der Waals surface area (Å²) in [4.78, 5) is 35.7. The maximum Gasteiger partial charge on any atom is 0.349 e. The molecular formula is C20H18N4O2S2. The van der Waals surface area contributed by atoms with Gasteiger partial charge in [0, 0.05) is 5.69 Å². The number of nitrogens with one attached hydrogen (secondary N) is 1. The number of hydrogen-bond acceptors (Lipinski definition) is 6. The van der Waals surface area contributed by atoms with Crippen LogP contribution in [0, 0.1) is 20.8 Å². The molecule has 0 saturated heterocycles. The van der Waals surface area contributed by atoms with E-state index >= 15 is 0 Å². The fourth-order valence-corrected chi connectivity index (χ4v) is 4.60. The van der Waals surface area contributed by atoms with Gasteiger partial charge in [0.25, 0.3) is 0 Å². The van der Waals surface area contributed by atoms with Crippen molar-refractivity contribution in [1.82, 2.24) is 14.5 Å². The number of benzene rings is 1. The molecule has 0 aliphatic carbocycles. The second kappa shape index (κ2) is 7.29. The quantitative estimate of drug-likeness (QED) is 0.548. The largest absolute Gasteiger partial charge is 0.349 e. The first-order valence-corrected chi connectivity index (χ1v) is 10.4. The van der Waals surface area contributed by atoms with E-state index < -0.39 is 5.69 Å². The number of carbonyl (C=O) groups excluding carboxylic acids is 1.